The van der Waals surface area contributed by atoms with Gasteiger partial charge >= 0.3 is 5.97 Å². The predicted molar refractivity (Wildman–Crippen MR) is 89.6 cm³/mol. The number of hydrogen-bond donors (Lipinski definition) is 0. The van der Waals surface area contributed by atoms with Gasteiger partial charge in [-0.25, -0.2) is 4.79 Å². The highest BCUT2D eigenvalue weighted by Gasteiger charge is 2.38. The van der Waals surface area contributed by atoms with Crippen LogP contribution in [0.15, 0.2) is 43.0 Å². The molecule has 0 saturated carbocycles. The van der Waals surface area contributed by atoms with Gasteiger partial charge in [-0.2, -0.15) is 0 Å². The number of carbonyl (C=O) groups is 2. The largest absolute Gasteiger partial charge is 0.456 e. The molecule has 130 valence electrons. The molecule has 1 unspecified atom stereocenters. The fourth-order valence-corrected chi connectivity index (χ4v) is 2.48. The molecule has 0 spiro atoms. The molecule has 1 aliphatic rings. The highest BCUT2D eigenvalue weighted by atomic mass is 16.7. The van der Waals surface area contributed by atoms with E-state index in [-0.39, 0.29) is 18.3 Å². The van der Waals surface area contributed by atoms with E-state index >= 15 is 0 Å². The van der Waals surface area contributed by atoms with Gasteiger partial charge in [0.25, 0.3) is 0 Å². The van der Waals surface area contributed by atoms with E-state index in [0.29, 0.717) is 5.56 Å². The first-order valence-corrected chi connectivity index (χ1v) is 8.21. The van der Waals surface area contributed by atoms with Gasteiger partial charge < -0.3 is 14.2 Å². The molecule has 1 saturated heterocycles. The molecule has 5 heteroatoms. The minimum atomic E-state index is -0.897. The average molecular weight is 332 g/mol. The van der Waals surface area contributed by atoms with Crippen LogP contribution >= 0.6 is 0 Å². The zero-order valence-electron chi connectivity index (χ0n) is 14.1. The van der Waals surface area contributed by atoms with Crippen LogP contribution in [0, 0.1) is 0 Å². The van der Waals surface area contributed by atoms with Crippen molar-refractivity contribution in [1.82, 2.24) is 0 Å². The maximum atomic E-state index is 12.2. The van der Waals surface area contributed by atoms with Gasteiger partial charge in [0.1, 0.15) is 6.10 Å². The first kappa shape index (κ1) is 18.4. The van der Waals surface area contributed by atoms with E-state index in [0.717, 1.165) is 12.8 Å². The maximum Gasteiger partial charge on any atom is 0.338 e. The number of esters is 1. The van der Waals surface area contributed by atoms with Gasteiger partial charge in [-0.3, -0.25) is 4.79 Å². The van der Waals surface area contributed by atoms with Gasteiger partial charge in [-0.05, 0) is 38.8 Å². The molecule has 1 heterocycles. The molecule has 0 aliphatic carbocycles. The number of rotatable bonds is 7. The van der Waals surface area contributed by atoms with Gasteiger partial charge in [0.15, 0.2) is 5.78 Å². The van der Waals surface area contributed by atoms with Crippen LogP contribution < -0.4 is 0 Å². The summed E-state index contributed by atoms with van der Waals surface area (Å²) in [5, 5.41) is 0. The zero-order valence-corrected chi connectivity index (χ0v) is 14.1. The topological polar surface area (TPSA) is 61.8 Å². The number of ketones is 1. The van der Waals surface area contributed by atoms with Crippen LogP contribution in [0.2, 0.25) is 0 Å². The van der Waals surface area contributed by atoms with Gasteiger partial charge in [-0.15, -0.1) is 6.58 Å². The van der Waals surface area contributed by atoms with Gasteiger partial charge in [0.2, 0.25) is 6.29 Å². The highest BCUT2D eigenvalue weighted by molar-refractivity contribution is 5.90. The Bertz CT molecular complexity index is 568. The van der Waals surface area contributed by atoms with Crippen LogP contribution in [0.4, 0.5) is 0 Å². The molecule has 0 amide bonds. The maximum absolute atomic E-state index is 12.2. The van der Waals surface area contributed by atoms with Crippen molar-refractivity contribution in [2.75, 3.05) is 0 Å². The van der Waals surface area contributed by atoms with E-state index in [4.69, 9.17) is 14.2 Å². The molecule has 2 rings (SSSR count). The van der Waals surface area contributed by atoms with E-state index in [2.05, 4.69) is 6.58 Å². The molecule has 1 fully saturated rings. The molecule has 0 radical (unpaired) electrons. The highest BCUT2D eigenvalue weighted by Crippen LogP contribution is 2.23. The smallest absolute Gasteiger partial charge is 0.338 e. The number of hydrogen-bond acceptors (Lipinski definition) is 5. The minimum absolute atomic E-state index is 0.0958. The van der Waals surface area contributed by atoms with Crippen molar-refractivity contribution >= 4 is 11.8 Å². The van der Waals surface area contributed by atoms with E-state index in [1.165, 1.54) is 0 Å². The van der Waals surface area contributed by atoms with Crippen LogP contribution in [-0.4, -0.2) is 36.4 Å². The van der Waals surface area contributed by atoms with E-state index < -0.39 is 24.5 Å². The first-order chi connectivity index (χ1) is 11.5. The fourth-order valence-electron chi connectivity index (χ4n) is 2.48. The molecule has 24 heavy (non-hydrogen) atoms. The molecule has 0 N–H and O–H groups in total. The molecule has 1 aromatic rings. The molecule has 0 aromatic heterocycles. The third-order valence-electron chi connectivity index (χ3n) is 3.93. The summed E-state index contributed by atoms with van der Waals surface area (Å²) in [6.07, 6.45) is 1.48. The van der Waals surface area contributed by atoms with Crippen molar-refractivity contribution in [1.29, 1.82) is 0 Å². The summed E-state index contributed by atoms with van der Waals surface area (Å²) >= 11 is 0. The van der Waals surface area contributed by atoms with Gasteiger partial charge in [0, 0.05) is 0 Å². The van der Waals surface area contributed by atoms with Crippen molar-refractivity contribution in [3.63, 3.8) is 0 Å². The van der Waals surface area contributed by atoms with Crippen LogP contribution in [0.1, 0.15) is 43.5 Å². The summed E-state index contributed by atoms with van der Waals surface area (Å²) in [6.45, 7) is 7.34. The quantitative estimate of drug-likeness (QED) is 0.566. The molecular formula is C19H24O5. The Labute approximate surface area is 142 Å². The second-order valence-corrected chi connectivity index (χ2v) is 5.97. The fraction of sp³-hybridized carbons (Fsp3) is 0.474. The Morgan fingerprint density at radius 2 is 2.12 bits per heavy atom. The monoisotopic (exact) mass is 332 g/mol. The summed E-state index contributed by atoms with van der Waals surface area (Å²) < 4.78 is 16.7. The molecule has 1 aliphatic heterocycles. The van der Waals surface area contributed by atoms with Gasteiger partial charge in [-0.1, -0.05) is 24.3 Å². The SMILES string of the molecule is C=CCC[C@@H](C)O[C@@H]1OC(C)[C@H](OC(=O)c2ccccc2)CC1=O. The van der Waals surface area contributed by atoms with Crippen molar-refractivity contribution in [3.8, 4) is 0 Å². The zero-order chi connectivity index (χ0) is 17.5. The van der Waals surface area contributed by atoms with Crippen molar-refractivity contribution < 1.29 is 23.8 Å². The second kappa shape index (κ2) is 8.76. The summed E-state index contributed by atoms with van der Waals surface area (Å²) in [5.74, 6) is -0.660. The Morgan fingerprint density at radius 3 is 2.79 bits per heavy atom. The Balaban J connectivity index is 1.89. The third-order valence-corrected chi connectivity index (χ3v) is 3.93. The van der Waals surface area contributed by atoms with Crippen LogP contribution in [0.5, 0.6) is 0 Å². The lowest BCUT2D eigenvalue weighted by molar-refractivity contribution is -0.222. The third kappa shape index (κ3) is 5.01. The molecule has 0 bridgehead atoms. The predicted octanol–water partition coefficient (Wildman–Crippen LogP) is 3.29. The Kier molecular flexibility index (Phi) is 6.70. The summed E-state index contributed by atoms with van der Waals surface area (Å²) in [6, 6.07) is 8.69. The summed E-state index contributed by atoms with van der Waals surface area (Å²) in [4.78, 5) is 24.3. The molecule has 1 aromatic carbocycles. The van der Waals surface area contributed by atoms with Gasteiger partial charge in [0.05, 0.1) is 24.2 Å². The number of allylic oxidation sites excluding steroid dienone is 1. The normalized spacial score (nSPS) is 25.1. The number of Topliss-reactive ketones (excluding diaryl/α,β-unsaturated/α-hetero) is 1. The summed E-state index contributed by atoms with van der Waals surface area (Å²) in [5.41, 5.74) is 0.452. The number of benzene rings is 1. The van der Waals surface area contributed by atoms with Crippen molar-refractivity contribution in [2.45, 2.75) is 57.7 Å². The van der Waals surface area contributed by atoms with Crippen LogP contribution in [0.25, 0.3) is 0 Å². The summed E-state index contributed by atoms with van der Waals surface area (Å²) in [7, 11) is 0. The average Bonchev–Trinajstić information content (AvgIpc) is 2.58. The van der Waals surface area contributed by atoms with E-state index in [1.54, 1.807) is 31.2 Å². The van der Waals surface area contributed by atoms with Crippen molar-refractivity contribution in [3.05, 3.63) is 48.6 Å². The van der Waals surface area contributed by atoms with Crippen LogP contribution in [0.3, 0.4) is 0 Å². The van der Waals surface area contributed by atoms with E-state index in [9.17, 15) is 9.59 Å². The first-order valence-electron chi connectivity index (χ1n) is 8.21. The molecule has 5 nitrogen and oxygen atoms in total. The Morgan fingerprint density at radius 1 is 1.42 bits per heavy atom. The standard InChI is InChI=1S/C19H24O5/c1-4-5-9-13(2)22-19-16(20)12-17(14(3)23-19)24-18(21)15-10-7-6-8-11-15/h4,6-8,10-11,13-14,17,19H,1,5,9,12H2,2-3H3/t13-,14?,17-,19-/m1/s1. The van der Waals surface area contributed by atoms with Crippen molar-refractivity contribution in [2.24, 2.45) is 0 Å². The molecule has 4 atom stereocenters. The minimum Gasteiger partial charge on any atom is -0.456 e. The number of ether oxygens (including phenoxy) is 3. The van der Waals surface area contributed by atoms with E-state index in [1.807, 2.05) is 19.1 Å². The van der Waals surface area contributed by atoms with Crippen LogP contribution in [-0.2, 0) is 19.0 Å². The lowest BCUT2D eigenvalue weighted by atomic mass is 10.0. The lowest BCUT2D eigenvalue weighted by Gasteiger charge is -2.34. The lowest BCUT2D eigenvalue weighted by Crippen LogP contribution is -2.47. The Hall–Kier alpha value is -1.98. The molecular weight excluding hydrogens is 308 g/mol. The number of carbonyl (C=O) groups excluding carboxylic acids is 2. The second-order valence-electron chi connectivity index (χ2n) is 5.97.